The number of piperidine rings is 1. The first-order valence-corrected chi connectivity index (χ1v) is 8.02. The van der Waals surface area contributed by atoms with E-state index in [2.05, 4.69) is 4.72 Å². The second-order valence-corrected chi connectivity index (χ2v) is 6.73. The number of ether oxygens (including phenoxy) is 1. The summed E-state index contributed by atoms with van der Waals surface area (Å²) in [4.78, 5) is 0. The van der Waals surface area contributed by atoms with E-state index in [1.54, 1.807) is 0 Å². The smallest absolute Gasteiger partial charge is 0.279 e. The Morgan fingerprint density at radius 3 is 2.83 bits per heavy atom. The molecule has 2 rings (SSSR count). The number of nitrogens with zero attached hydrogens (tertiary/aromatic N) is 1. The average molecular weight is 278 g/mol. The number of aliphatic hydroxyl groups excluding tert-OH is 1. The van der Waals surface area contributed by atoms with Gasteiger partial charge in [-0.3, -0.25) is 0 Å². The number of nitrogens with one attached hydrogen (secondary N) is 1. The van der Waals surface area contributed by atoms with Crippen LogP contribution < -0.4 is 4.72 Å². The van der Waals surface area contributed by atoms with Crippen LogP contribution in [0.1, 0.15) is 25.7 Å². The molecule has 2 unspecified atom stereocenters. The van der Waals surface area contributed by atoms with Crippen molar-refractivity contribution in [1.29, 1.82) is 0 Å². The third kappa shape index (κ3) is 3.42. The van der Waals surface area contributed by atoms with Crippen molar-refractivity contribution in [2.75, 3.05) is 32.9 Å². The molecule has 0 saturated carbocycles. The molecule has 0 bridgehead atoms. The summed E-state index contributed by atoms with van der Waals surface area (Å²) in [7, 11) is -3.46. The van der Waals surface area contributed by atoms with Crippen LogP contribution in [-0.2, 0) is 14.9 Å². The molecule has 0 radical (unpaired) electrons. The van der Waals surface area contributed by atoms with Gasteiger partial charge in [0.15, 0.2) is 0 Å². The van der Waals surface area contributed by atoms with E-state index < -0.39 is 10.2 Å². The molecule has 2 aliphatic rings. The Morgan fingerprint density at radius 1 is 1.33 bits per heavy atom. The lowest BCUT2D eigenvalue weighted by molar-refractivity contribution is 0.153. The van der Waals surface area contributed by atoms with Crippen LogP contribution in [0.5, 0.6) is 0 Å². The molecule has 0 aromatic rings. The Balaban J connectivity index is 1.91. The average Bonchev–Trinajstić information content (AvgIpc) is 2.89. The molecular formula is C11H22N2O4S. The molecule has 0 aromatic heterocycles. The van der Waals surface area contributed by atoms with Crippen molar-refractivity contribution in [3.63, 3.8) is 0 Å². The zero-order valence-corrected chi connectivity index (χ0v) is 11.4. The molecule has 2 aliphatic heterocycles. The fraction of sp³-hybridized carbons (Fsp3) is 1.00. The summed E-state index contributed by atoms with van der Waals surface area (Å²) >= 11 is 0. The first-order chi connectivity index (χ1) is 8.63. The van der Waals surface area contributed by atoms with Crippen molar-refractivity contribution in [2.45, 2.75) is 31.7 Å². The monoisotopic (exact) mass is 278 g/mol. The van der Waals surface area contributed by atoms with Gasteiger partial charge in [0.25, 0.3) is 10.2 Å². The predicted octanol–water partition coefficient (Wildman–Crippen LogP) is -0.296. The topological polar surface area (TPSA) is 78.9 Å². The van der Waals surface area contributed by atoms with E-state index in [1.807, 2.05) is 0 Å². The van der Waals surface area contributed by atoms with Crippen LogP contribution >= 0.6 is 0 Å². The van der Waals surface area contributed by atoms with Crippen molar-refractivity contribution in [2.24, 2.45) is 5.92 Å². The first kappa shape index (κ1) is 14.2. The predicted molar refractivity (Wildman–Crippen MR) is 67.3 cm³/mol. The molecule has 2 heterocycles. The lowest BCUT2D eigenvalue weighted by Gasteiger charge is -2.33. The Bertz CT molecular complexity index is 354. The first-order valence-electron chi connectivity index (χ1n) is 6.58. The van der Waals surface area contributed by atoms with Crippen LogP contribution in [-0.4, -0.2) is 56.8 Å². The molecule has 2 saturated heterocycles. The van der Waals surface area contributed by atoms with Crippen LogP contribution in [0.25, 0.3) is 0 Å². The minimum Gasteiger partial charge on any atom is -0.395 e. The lowest BCUT2D eigenvalue weighted by atomic mass is 10.1. The van der Waals surface area contributed by atoms with Gasteiger partial charge >= 0.3 is 0 Å². The van der Waals surface area contributed by atoms with E-state index in [-0.39, 0.29) is 18.6 Å². The van der Waals surface area contributed by atoms with E-state index in [4.69, 9.17) is 4.74 Å². The number of hydrogen-bond donors (Lipinski definition) is 2. The van der Waals surface area contributed by atoms with Crippen LogP contribution in [0, 0.1) is 5.92 Å². The summed E-state index contributed by atoms with van der Waals surface area (Å²) in [6.45, 7) is 2.17. The van der Waals surface area contributed by atoms with Crippen LogP contribution in [0.3, 0.4) is 0 Å². The third-order valence-electron chi connectivity index (χ3n) is 3.67. The van der Waals surface area contributed by atoms with Crippen molar-refractivity contribution in [1.82, 2.24) is 9.03 Å². The van der Waals surface area contributed by atoms with Crippen LogP contribution in [0.4, 0.5) is 0 Å². The van der Waals surface area contributed by atoms with E-state index in [1.165, 1.54) is 4.31 Å². The highest BCUT2D eigenvalue weighted by atomic mass is 32.2. The van der Waals surface area contributed by atoms with Crippen LogP contribution in [0.2, 0.25) is 0 Å². The summed E-state index contributed by atoms with van der Waals surface area (Å²) in [5, 5.41) is 9.25. The van der Waals surface area contributed by atoms with Gasteiger partial charge in [0.05, 0.1) is 13.2 Å². The molecule has 2 fully saturated rings. The fourth-order valence-electron chi connectivity index (χ4n) is 2.52. The quantitative estimate of drug-likeness (QED) is 0.724. The molecule has 7 heteroatoms. The largest absolute Gasteiger partial charge is 0.395 e. The van der Waals surface area contributed by atoms with E-state index in [0.29, 0.717) is 19.7 Å². The normalized spacial score (nSPS) is 30.7. The van der Waals surface area contributed by atoms with Gasteiger partial charge in [0, 0.05) is 25.7 Å². The number of rotatable bonds is 5. The van der Waals surface area contributed by atoms with Gasteiger partial charge in [-0.15, -0.1) is 0 Å². The Hall–Kier alpha value is -0.210. The standard InChI is InChI=1S/C11H22N2O4S/c14-8-11-3-1-2-5-13(11)18(15,16)12-7-10-4-6-17-9-10/h10-12,14H,1-9H2. The second kappa shape index (κ2) is 6.29. The molecule has 0 spiro atoms. The molecular weight excluding hydrogens is 256 g/mol. The molecule has 106 valence electrons. The van der Waals surface area contributed by atoms with E-state index in [9.17, 15) is 13.5 Å². The van der Waals surface area contributed by atoms with Gasteiger partial charge in [-0.2, -0.15) is 12.7 Å². The fourth-order valence-corrected chi connectivity index (χ4v) is 4.07. The number of hydrogen-bond acceptors (Lipinski definition) is 4. The summed E-state index contributed by atoms with van der Waals surface area (Å²) in [5.41, 5.74) is 0. The second-order valence-electron chi connectivity index (χ2n) is 5.03. The maximum absolute atomic E-state index is 12.2. The highest BCUT2D eigenvalue weighted by Crippen LogP contribution is 2.20. The van der Waals surface area contributed by atoms with Crippen molar-refractivity contribution < 1.29 is 18.3 Å². The zero-order valence-electron chi connectivity index (χ0n) is 10.5. The van der Waals surface area contributed by atoms with Gasteiger partial charge in [0.2, 0.25) is 0 Å². The molecule has 18 heavy (non-hydrogen) atoms. The Morgan fingerprint density at radius 2 is 2.17 bits per heavy atom. The number of aliphatic hydroxyl groups is 1. The van der Waals surface area contributed by atoms with Crippen molar-refractivity contribution in [3.05, 3.63) is 0 Å². The molecule has 6 nitrogen and oxygen atoms in total. The maximum atomic E-state index is 12.2. The summed E-state index contributed by atoms with van der Waals surface area (Å²) in [6.07, 6.45) is 3.49. The molecule has 0 aromatic carbocycles. The SMILES string of the molecule is O=S(=O)(NCC1CCOC1)N1CCCCC1CO. The third-order valence-corrected chi connectivity index (χ3v) is 5.30. The highest BCUT2D eigenvalue weighted by molar-refractivity contribution is 7.87. The summed E-state index contributed by atoms with van der Waals surface area (Å²) in [5.74, 6) is 0.275. The van der Waals surface area contributed by atoms with E-state index in [0.717, 1.165) is 32.3 Å². The summed E-state index contributed by atoms with van der Waals surface area (Å²) < 4.78 is 33.6. The minimum absolute atomic E-state index is 0.104. The zero-order chi connectivity index (χ0) is 13.0. The molecule has 2 N–H and O–H groups in total. The highest BCUT2D eigenvalue weighted by Gasteiger charge is 2.32. The summed E-state index contributed by atoms with van der Waals surface area (Å²) in [6, 6.07) is -0.268. The Kier molecular flexibility index (Phi) is 4.97. The van der Waals surface area contributed by atoms with E-state index >= 15 is 0 Å². The van der Waals surface area contributed by atoms with Crippen LogP contribution in [0.15, 0.2) is 0 Å². The van der Waals surface area contributed by atoms with Crippen molar-refractivity contribution in [3.8, 4) is 0 Å². The van der Waals surface area contributed by atoms with Gasteiger partial charge < -0.3 is 9.84 Å². The maximum Gasteiger partial charge on any atom is 0.279 e. The van der Waals surface area contributed by atoms with Gasteiger partial charge in [-0.1, -0.05) is 6.42 Å². The van der Waals surface area contributed by atoms with Crippen molar-refractivity contribution >= 4 is 10.2 Å². The molecule has 0 aliphatic carbocycles. The molecule has 0 amide bonds. The van der Waals surface area contributed by atoms with Gasteiger partial charge in [-0.05, 0) is 25.2 Å². The Labute approximate surface area is 108 Å². The minimum atomic E-state index is -3.46. The lowest BCUT2D eigenvalue weighted by Crippen LogP contribution is -2.51. The van der Waals surface area contributed by atoms with Gasteiger partial charge in [-0.25, -0.2) is 4.72 Å². The van der Waals surface area contributed by atoms with Gasteiger partial charge in [0.1, 0.15) is 0 Å². The molecule has 2 atom stereocenters.